The molecule has 3 rings (SSSR count). The van der Waals surface area contributed by atoms with Crippen LogP contribution in [0.3, 0.4) is 0 Å². The predicted octanol–water partition coefficient (Wildman–Crippen LogP) is 4.08. The number of aliphatic hydroxyl groups excluding tert-OH is 1. The van der Waals surface area contributed by atoms with Gasteiger partial charge in [-0.15, -0.1) is 0 Å². The van der Waals surface area contributed by atoms with Gasteiger partial charge >= 0.3 is 0 Å². The molecule has 2 aromatic carbocycles. The molecule has 1 unspecified atom stereocenters. The Kier molecular flexibility index (Phi) is 3.62. The van der Waals surface area contributed by atoms with E-state index in [1.54, 1.807) is 6.08 Å². The van der Waals surface area contributed by atoms with Crippen molar-refractivity contribution in [2.24, 2.45) is 0 Å². The summed E-state index contributed by atoms with van der Waals surface area (Å²) >= 11 is 0. The van der Waals surface area contributed by atoms with E-state index < -0.39 is 6.10 Å². The first kappa shape index (κ1) is 12.6. The van der Waals surface area contributed by atoms with Gasteiger partial charge in [0.2, 0.25) is 0 Å². The molecule has 2 aromatic rings. The third-order valence-electron chi connectivity index (χ3n) is 3.39. The first-order valence-electron chi connectivity index (χ1n) is 6.73. The summed E-state index contributed by atoms with van der Waals surface area (Å²) in [5, 5.41) is 10.3. The van der Waals surface area contributed by atoms with Crippen molar-refractivity contribution in [3.05, 3.63) is 95.6 Å². The lowest BCUT2D eigenvalue weighted by molar-refractivity contribution is 0.264. The van der Waals surface area contributed by atoms with Crippen molar-refractivity contribution in [2.45, 2.75) is 6.10 Å². The van der Waals surface area contributed by atoms with Gasteiger partial charge in [0.1, 0.15) is 0 Å². The van der Waals surface area contributed by atoms with Crippen molar-refractivity contribution in [3.63, 3.8) is 0 Å². The van der Waals surface area contributed by atoms with Crippen LogP contribution in [0.25, 0.3) is 11.6 Å². The predicted molar refractivity (Wildman–Crippen MR) is 84.0 cm³/mol. The van der Waals surface area contributed by atoms with Crippen molar-refractivity contribution in [1.29, 1.82) is 0 Å². The summed E-state index contributed by atoms with van der Waals surface area (Å²) in [7, 11) is 0. The fraction of sp³-hybridized carbons (Fsp3) is 0.0526. The number of rotatable bonds is 2. The molecule has 0 aromatic heterocycles. The van der Waals surface area contributed by atoms with Crippen molar-refractivity contribution in [2.75, 3.05) is 0 Å². The van der Waals surface area contributed by atoms with E-state index in [4.69, 9.17) is 0 Å². The zero-order valence-corrected chi connectivity index (χ0v) is 11.1. The fourth-order valence-corrected chi connectivity index (χ4v) is 2.39. The summed E-state index contributed by atoms with van der Waals surface area (Å²) in [5.41, 5.74) is 4.23. The van der Waals surface area contributed by atoms with Gasteiger partial charge in [-0.25, -0.2) is 0 Å². The molecule has 1 nitrogen and oxygen atoms in total. The highest BCUT2D eigenvalue weighted by molar-refractivity contribution is 5.87. The minimum absolute atomic E-state index is 0.560. The highest BCUT2D eigenvalue weighted by Gasteiger charge is 2.16. The van der Waals surface area contributed by atoms with Gasteiger partial charge in [0, 0.05) is 0 Å². The smallest absolute Gasteiger partial charge is 0.0981 e. The minimum atomic E-state index is -0.560. The Bertz CT molecular complexity index is 663. The third kappa shape index (κ3) is 2.63. The minimum Gasteiger partial charge on any atom is -0.384 e. The first-order chi connectivity index (χ1) is 9.84. The molecular weight excluding hydrogens is 244 g/mol. The lowest BCUT2D eigenvalue weighted by atomic mass is 9.89. The van der Waals surface area contributed by atoms with Crippen LogP contribution in [0, 0.1) is 0 Å². The highest BCUT2D eigenvalue weighted by Crippen LogP contribution is 2.30. The van der Waals surface area contributed by atoms with E-state index in [9.17, 15) is 5.11 Å². The van der Waals surface area contributed by atoms with Crippen LogP contribution in [0.2, 0.25) is 0 Å². The number of benzene rings is 2. The van der Waals surface area contributed by atoms with Gasteiger partial charge in [0.15, 0.2) is 0 Å². The fourth-order valence-electron chi connectivity index (χ4n) is 2.39. The Balaban J connectivity index is 2.05. The molecule has 0 bridgehead atoms. The second-order valence-corrected chi connectivity index (χ2v) is 4.79. The second-order valence-electron chi connectivity index (χ2n) is 4.79. The number of allylic oxidation sites excluding steroid dienone is 2. The Hall–Kier alpha value is -2.38. The second kappa shape index (κ2) is 5.72. The van der Waals surface area contributed by atoms with Crippen LogP contribution >= 0.6 is 0 Å². The van der Waals surface area contributed by atoms with Crippen LogP contribution in [0.1, 0.15) is 11.1 Å². The molecule has 1 heteroatoms. The van der Waals surface area contributed by atoms with E-state index in [0.29, 0.717) is 0 Å². The van der Waals surface area contributed by atoms with Gasteiger partial charge in [0.25, 0.3) is 0 Å². The van der Waals surface area contributed by atoms with Gasteiger partial charge in [-0.2, -0.15) is 0 Å². The topological polar surface area (TPSA) is 20.2 Å². The largest absolute Gasteiger partial charge is 0.384 e. The SMILES string of the molecule is OC1C=CC=C(c2ccccc2)C1=Cc1ccccc1. The van der Waals surface area contributed by atoms with E-state index in [2.05, 4.69) is 18.2 Å². The zero-order valence-electron chi connectivity index (χ0n) is 11.1. The molecule has 0 heterocycles. The average Bonchev–Trinajstić information content (AvgIpc) is 2.51. The normalized spacial score (nSPS) is 19.9. The molecule has 0 radical (unpaired) electrons. The molecular formula is C19H16O. The maximum absolute atomic E-state index is 10.3. The molecule has 1 aliphatic carbocycles. The lowest BCUT2D eigenvalue weighted by Crippen LogP contribution is -2.11. The van der Waals surface area contributed by atoms with Gasteiger partial charge in [-0.05, 0) is 28.3 Å². The van der Waals surface area contributed by atoms with Crippen molar-refractivity contribution < 1.29 is 5.11 Å². The van der Waals surface area contributed by atoms with E-state index in [-0.39, 0.29) is 0 Å². The van der Waals surface area contributed by atoms with Crippen LogP contribution < -0.4 is 0 Å². The summed E-state index contributed by atoms with van der Waals surface area (Å²) in [6.45, 7) is 0. The molecule has 0 spiro atoms. The van der Waals surface area contributed by atoms with E-state index in [1.807, 2.05) is 60.7 Å². The third-order valence-corrected chi connectivity index (χ3v) is 3.39. The maximum Gasteiger partial charge on any atom is 0.0981 e. The summed E-state index contributed by atoms with van der Waals surface area (Å²) in [6, 6.07) is 20.2. The molecule has 1 atom stereocenters. The van der Waals surface area contributed by atoms with E-state index in [1.165, 1.54) is 0 Å². The standard InChI is InChI=1S/C19H16O/c20-19-13-7-12-17(16-10-5-2-6-11-16)18(19)14-15-8-3-1-4-9-15/h1-14,19-20H. The van der Waals surface area contributed by atoms with Crippen LogP contribution in [-0.2, 0) is 0 Å². The lowest BCUT2D eigenvalue weighted by Gasteiger charge is -2.19. The molecule has 0 amide bonds. The number of aliphatic hydroxyl groups is 1. The van der Waals surface area contributed by atoms with Crippen molar-refractivity contribution in [1.82, 2.24) is 0 Å². The first-order valence-corrected chi connectivity index (χ1v) is 6.73. The Morgan fingerprint density at radius 3 is 2.20 bits per heavy atom. The monoisotopic (exact) mass is 260 g/mol. The maximum atomic E-state index is 10.3. The summed E-state index contributed by atoms with van der Waals surface area (Å²) in [4.78, 5) is 0. The van der Waals surface area contributed by atoms with Crippen LogP contribution in [-0.4, -0.2) is 11.2 Å². The summed E-state index contributed by atoms with van der Waals surface area (Å²) in [6.07, 6.45) is 7.26. The van der Waals surface area contributed by atoms with E-state index >= 15 is 0 Å². The molecule has 1 N–H and O–H groups in total. The van der Waals surface area contributed by atoms with Crippen molar-refractivity contribution >= 4 is 11.6 Å². The summed E-state index contributed by atoms with van der Waals surface area (Å²) in [5.74, 6) is 0. The molecule has 1 aliphatic rings. The Morgan fingerprint density at radius 2 is 1.50 bits per heavy atom. The number of hydrogen-bond acceptors (Lipinski definition) is 1. The van der Waals surface area contributed by atoms with E-state index in [0.717, 1.165) is 22.3 Å². The van der Waals surface area contributed by atoms with Gasteiger partial charge in [-0.3, -0.25) is 0 Å². The Morgan fingerprint density at radius 1 is 0.850 bits per heavy atom. The summed E-state index contributed by atoms with van der Waals surface area (Å²) < 4.78 is 0. The highest BCUT2D eigenvalue weighted by atomic mass is 16.3. The van der Waals surface area contributed by atoms with Crippen molar-refractivity contribution in [3.8, 4) is 0 Å². The molecule has 98 valence electrons. The quantitative estimate of drug-likeness (QED) is 0.862. The van der Waals surface area contributed by atoms with Gasteiger partial charge < -0.3 is 5.11 Å². The molecule has 0 saturated heterocycles. The molecule has 0 saturated carbocycles. The zero-order chi connectivity index (χ0) is 13.8. The number of hydrogen-bond donors (Lipinski definition) is 1. The molecule has 20 heavy (non-hydrogen) atoms. The van der Waals surface area contributed by atoms with Crippen LogP contribution in [0.5, 0.6) is 0 Å². The van der Waals surface area contributed by atoms with Gasteiger partial charge in [-0.1, -0.05) is 78.9 Å². The van der Waals surface area contributed by atoms with Crippen LogP contribution in [0.15, 0.2) is 84.5 Å². The molecule has 0 fully saturated rings. The molecule has 0 aliphatic heterocycles. The Labute approximate surface area is 119 Å². The van der Waals surface area contributed by atoms with Crippen LogP contribution in [0.4, 0.5) is 0 Å². The average molecular weight is 260 g/mol. The van der Waals surface area contributed by atoms with Gasteiger partial charge in [0.05, 0.1) is 6.10 Å².